The number of hydrogen-bond acceptors (Lipinski definition) is 8. The van der Waals surface area contributed by atoms with Gasteiger partial charge in [-0.3, -0.25) is 20.2 Å². The number of anilines is 1. The number of nitro groups is 2. The Labute approximate surface area is 141 Å². The van der Waals surface area contributed by atoms with Gasteiger partial charge < -0.3 is 14.8 Å². The van der Waals surface area contributed by atoms with Gasteiger partial charge in [0.25, 0.3) is 11.4 Å². The highest BCUT2D eigenvalue weighted by Crippen LogP contribution is 2.32. The van der Waals surface area contributed by atoms with E-state index in [0.717, 1.165) is 6.07 Å². The summed E-state index contributed by atoms with van der Waals surface area (Å²) in [6.45, 7) is 0.167. The van der Waals surface area contributed by atoms with Crippen molar-refractivity contribution in [1.29, 1.82) is 0 Å². The maximum absolute atomic E-state index is 11.2. The third kappa shape index (κ3) is 4.53. The first kappa shape index (κ1) is 18.4. The van der Waals surface area contributed by atoms with Crippen LogP contribution in [-0.2, 0) is 9.47 Å². The first-order valence-electron chi connectivity index (χ1n) is 7.34. The fraction of sp³-hybridized carbons (Fsp3) is 0.538. The van der Waals surface area contributed by atoms with Crippen molar-refractivity contribution in [3.05, 3.63) is 48.9 Å². The van der Waals surface area contributed by atoms with Gasteiger partial charge in [0.15, 0.2) is 6.29 Å². The molecule has 0 radical (unpaired) electrons. The topological polar surface area (TPSA) is 166 Å². The molecule has 12 nitrogen and oxygen atoms in total. The largest absolute Gasteiger partial charge is 0.372 e. The van der Waals surface area contributed by atoms with E-state index in [9.17, 15) is 20.2 Å². The van der Waals surface area contributed by atoms with E-state index in [1.165, 1.54) is 19.2 Å². The van der Waals surface area contributed by atoms with Crippen LogP contribution in [0.2, 0.25) is 0 Å². The summed E-state index contributed by atoms with van der Waals surface area (Å²) < 4.78 is 10.9. The van der Waals surface area contributed by atoms with Gasteiger partial charge in [0.05, 0.1) is 34.6 Å². The molecule has 0 aromatic heterocycles. The summed E-state index contributed by atoms with van der Waals surface area (Å²) in [7, 11) is 1.43. The molecule has 1 N–H and O–H groups in total. The van der Waals surface area contributed by atoms with Crippen molar-refractivity contribution in [1.82, 2.24) is 0 Å². The summed E-state index contributed by atoms with van der Waals surface area (Å²) in [5.41, 5.74) is 7.73. The number of benzene rings is 1. The molecule has 0 unspecified atom stereocenters. The summed E-state index contributed by atoms with van der Waals surface area (Å²) >= 11 is 0. The molecule has 1 aliphatic rings. The summed E-state index contributed by atoms with van der Waals surface area (Å²) in [5, 5.41) is 28.4. The second-order valence-corrected chi connectivity index (χ2v) is 5.32. The Bertz CT molecular complexity index is 706. The summed E-state index contributed by atoms with van der Waals surface area (Å²) in [5.74, 6) is 0. The van der Waals surface area contributed by atoms with Crippen LogP contribution < -0.4 is 5.32 Å². The Morgan fingerprint density at radius 2 is 2.16 bits per heavy atom. The molecule has 0 saturated carbocycles. The number of nitro benzene ring substituents is 2. The monoisotopic (exact) mass is 352 g/mol. The Kier molecular flexibility index (Phi) is 6.06. The van der Waals surface area contributed by atoms with Crippen LogP contribution in [0.3, 0.4) is 0 Å². The Morgan fingerprint density at radius 1 is 1.40 bits per heavy atom. The Morgan fingerprint density at radius 3 is 2.76 bits per heavy atom. The van der Waals surface area contributed by atoms with E-state index in [4.69, 9.17) is 15.0 Å². The average Bonchev–Trinajstić information content (AvgIpc) is 2.60. The molecule has 0 bridgehead atoms. The summed E-state index contributed by atoms with van der Waals surface area (Å²) in [4.78, 5) is 23.3. The number of nitrogens with one attached hydrogen (secondary N) is 1. The van der Waals surface area contributed by atoms with Crippen LogP contribution in [0.15, 0.2) is 23.3 Å². The number of rotatable bonds is 7. The molecule has 0 spiro atoms. The van der Waals surface area contributed by atoms with E-state index in [0.29, 0.717) is 12.8 Å². The van der Waals surface area contributed by atoms with E-state index in [1.54, 1.807) is 0 Å². The number of methoxy groups -OCH3 is 1. The van der Waals surface area contributed by atoms with Gasteiger partial charge >= 0.3 is 0 Å². The SMILES string of the molecule is CO[C@H]1O[C@H](CN=[N+]=[N-])CC[C@H]1Nc1ccc([N+](=O)[O-])cc1[N+](=O)[O-]. The van der Waals surface area contributed by atoms with E-state index in [2.05, 4.69) is 15.3 Å². The van der Waals surface area contributed by atoms with Gasteiger partial charge in [0.1, 0.15) is 5.69 Å². The average molecular weight is 352 g/mol. The zero-order valence-corrected chi connectivity index (χ0v) is 13.3. The summed E-state index contributed by atoms with van der Waals surface area (Å²) in [6.07, 6.45) is 0.114. The van der Waals surface area contributed by atoms with Crippen LogP contribution in [-0.4, -0.2) is 41.9 Å². The van der Waals surface area contributed by atoms with Crippen LogP contribution in [0.4, 0.5) is 17.1 Å². The van der Waals surface area contributed by atoms with Crippen molar-refractivity contribution >= 4 is 17.1 Å². The number of hydrogen-bond donors (Lipinski definition) is 1. The summed E-state index contributed by atoms with van der Waals surface area (Å²) in [6, 6.07) is 2.98. The van der Waals surface area contributed by atoms with Crippen LogP contribution in [0, 0.1) is 20.2 Å². The van der Waals surface area contributed by atoms with E-state index < -0.39 is 27.9 Å². The van der Waals surface area contributed by atoms with E-state index >= 15 is 0 Å². The number of non-ortho nitro benzene ring substituents is 1. The Hall–Kier alpha value is -2.95. The normalized spacial score (nSPS) is 22.7. The minimum absolute atomic E-state index is 0.139. The molecule has 134 valence electrons. The van der Waals surface area contributed by atoms with Crippen molar-refractivity contribution in [2.75, 3.05) is 19.0 Å². The second-order valence-electron chi connectivity index (χ2n) is 5.32. The lowest BCUT2D eigenvalue weighted by Gasteiger charge is -2.35. The second kappa shape index (κ2) is 8.24. The highest BCUT2D eigenvalue weighted by atomic mass is 16.7. The maximum atomic E-state index is 11.2. The van der Waals surface area contributed by atoms with E-state index in [1.807, 2.05) is 0 Å². The standard InChI is InChI=1S/C13H16N6O6/c1-24-13-11(5-3-9(25-13)7-15-17-14)16-10-4-2-8(18(20)21)6-12(10)19(22)23/h2,4,6,9,11,13,16H,3,5,7H2,1H3/t9-,11+,13-/m0/s1. The smallest absolute Gasteiger partial charge is 0.299 e. The van der Waals surface area contributed by atoms with Gasteiger partial charge in [0.2, 0.25) is 0 Å². The van der Waals surface area contributed by atoms with Gasteiger partial charge in [0, 0.05) is 18.1 Å². The lowest BCUT2D eigenvalue weighted by Crippen LogP contribution is -2.45. The molecule has 25 heavy (non-hydrogen) atoms. The molecular weight excluding hydrogens is 336 g/mol. The zero-order valence-electron chi connectivity index (χ0n) is 13.3. The Balaban J connectivity index is 2.16. The third-order valence-electron chi connectivity index (χ3n) is 3.77. The molecular formula is C13H16N6O6. The van der Waals surface area contributed by atoms with Crippen molar-refractivity contribution in [3.63, 3.8) is 0 Å². The number of azide groups is 1. The molecule has 1 heterocycles. The quantitative estimate of drug-likeness (QED) is 0.259. The molecule has 0 aliphatic carbocycles. The molecule has 1 fully saturated rings. The minimum Gasteiger partial charge on any atom is -0.372 e. The molecule has 3 atom stereocenters. The molecule has 1 aliphatic heterocycles. The van der Waals surface area contributed by atoms with Gasteiger partial charge in [-0.1, -0.05) is 5.11 Å². The highest BCUT2D eigenvalue weighted by molar-refractivity contribution is 5.65. The number of ether oxygens (including phenoxy) is 2. The third-order valence-corrected chi connectivity index (χ3v) is 3.77. The van der Waals surface area contributed by atoms with E-state index in [-0.39, 0.29) is 24.0 Å². The van der Waals surface area contributed by atoms with Gasteiger partial charge in [-0.25, -0.2) is 0 Å². The molecule has 0 amide bonds. The fourth-order valence-corrected chi connectivity index (χ4v) is 2.58. The number of nitrogens with zero attached hydrogens (tertiary/aromatic N) is 5. The first-order valence-corrected chi connectivity index (χ1v) is 7.34. The van der Waals surface area contributed by atoms with Crippen LogP contribution in [0.1, 0.15) is 12.8 Å². The predicted molar refractivity (Wildman–Crippen MR) is 86.1 cm³/mol. The first-order chi connectivity index (χ1) is 12.0. The van der Waals surface area contributed by atoms with Gasteiger partial charge in [-0.15, -0.1) is 0 Å². The molecule has 1 aromatic carbocycles. The molecule has 1 aromatic rings. The fourth-order valence-electron chi connectivity index (χ4n) is 2.58. The highest BCUT2D eigenvalue weighted by Gasteiger charge is 2.32. The molecule has 1 saturated heterocycles. The van der Waals surface area contributed by atoms with Crippen molar-refractivity contribution in [3.8, 4) is 0 Å². The van der Waals surface area contributed by atoms with Crippen molar-refractivity contribution < 1.29 is 19.3 Å². The van der Waals surface area contributed by atoms with Crippen LogP contribution in [0.5, 0.6) is 0 Å². The van der Waals surface area contributed by atoms with Crippen molar-refractivity contribution in [2.24, 2.45) is 5.11 Å². The zero-order chi connectivity index (χ0) is 18.4. The lowest BCUT2D eigenvalue weighted by molar-refractivity contribution is -0.393. The molecule has 2 rings (SSSR count). The van der Waals surface area contributed by atoms with Gasteiger partial charge in [-0.2, -0.15) is 0 Å². The predicted octanol–water partition coefficient (Wildman–Crippen LogP) is 2.75. The van der Waals surface area contributed by atoms with Gasteiger partial charge in [-0.05, 0) is 24.4 Å². The van der Waals surface area contributed by atoms with Crippen molar-refractivity contribution in [2.45, 2.75) is 31.3 Å². The maximum Gasteiger partial charge on any atom is 0.299 e. The van der Waals surface area contributed by atoms with Crippen LogP contribution >= 0.6 is 0 Å². The lowest BCUT2D eigenvalue weighted by atomic mass is 10.0. The molecule has 12 heteroatoms. The van der Waals surface area contributed by atoms with Crippen LogP contribution in [0.25, 0.3) is 10.4 Å². The minimum atomic E-state index is -0.706.